The van der Waals surface area contributed by atoms with E-state index in [9.17, 15) is 13.2 Å². The van der Waals surface area contributed by atoms with Gasteiger partial charge >= 0.3 is 6.03 Å². The third-order valence-electron chi connectivity index (χ3n) is 3.02. The van der Waals surface area contributed by atoms with Crippen LogP contribution >= 0.6 is 0 Å². The van der Waals surface area contributed by atoms with Crippen LogP contribution in [0.3, 0.4) is 0 Å². The van der Waals surface area contributed by atoms with Crippen LogP contribution in [0.25, 0.3) is 6.08 Å². The molecule has 0 aliphatic carbocycles. The standard InChI is InChI=1S/C16H16N2O5S/c1-23-14-6-2-12(3-7-14)10-11-17-16(19)18-13-4-8-15(9-5-13)24(20,21)22/h2-11H,1H3,(H2,17,18,19)(H,20,21,22)/b11-10+. The number of rotatable bonds is 5. The number of hydrogen-bond acceptors (Lipinski definition) is 4. The van der Waals surface area contributed by atoms with Crippen molar-refractivity contribution in [2.75, 3.05) is 12.4 Å². The van der Waals surface area contributed by atoms with E-state index in [4.69, 9.17) is 9.29 Å². The number of anilines is 1. The molecule has 0 aliphatic heterocycles. The summed E-state index contributed by atoms with van der Waals surface area (Å²) < 4.78 is 35.8. The fourth-order valence-electron chi connectivity index (χ4n) is 1.81. The Kier molecular flexibility index (Phi) is 5.56. The van der Waals surface area contributed by atoms with E-state index in [0.29, 0.717) is 5.69 Å². The number of carbonyl (C=O) groups is 1. The molecule has 0 radical (unpaired) electrons. The maximum Gasteiger partial charge on any atom is 0.323 e. The van der Waals surface area contributed by atoms with Gasteiger partial charge in [0, 0.05) is 11.9 Å². The van der Waals surface area contributed by atoms with Crippen molar-refractivity contribution in [3.05, 3.63) is 60.3 Å². The highest BCUT2D eigenvalue weighted by Crippen LogP contribution is 2.14. The first-order chi connectivity index (χ1) is 11.4. The van der Waals surface area contributed by atoms with E-state index in [1.54, 1.807) is 25.3 Å². The van der Waals surface area contributed by atoms with Crippen molar-refractivity contribution in [2.45, 2.75) is 4.90 Å². The third-order valence-corrected chi connectivity index (χ3v) is 3.88. The molecule has 7 nitrogen and oxygen atoms in total. The maximum atomic E-state index is 11.7. The Morgan fingerprint density at radius 3 is 2.25 bits per heavy atom. The van der Waals surface area contributed by atoms with Gasteiger partial charge in [0.25, 0.3) is 10.1 Å². The van der Waals surface area contributed by atoms with Crippen molar-refractivity contribution >= 4 is 27.9 Å². The third kappa shape index (κ3) is 5.11. The van der Waals surface area contributed by atoms with Gasteiger partial charge in [-0.05, 0) is 48.0 Å². The van der Waals surface area contributed by atoms with Gasteiger partial charge in [-0.25, -0.2) is 4.79 Å². The van der Waals surface area contributed by atoms with Crippen LogP contribution < -0.4 is 15.4 Å². The summed E-state index contributed by atoms with van der Waals surface area (Å²) in [7, 11) is -2.66. The van der Waals surface area contributed by atoms with E-state index in [1.165, 1.54) is 30.5 Å². The molecule has 24 heavy (non-hydrogen) atoms. The van der Waals surface area contributed by atoms with Gasteiger partial charge in [0.05, 0.1) is 12.0 Å². The summed E-state index contributed by atoms with van der Waals surface area (Å²) in [6.07, 6.45) is 3.18. The zero-order chi connectivity index (χ0) is 17.6. The van der Waals surface area contributed by atoms with E-state index in [2.05, 4.69) is 10.6 Å². The summed E-state index contributed by atoms with van der Waals surface area (Å²) in [6.45, 7) is 0. The molecule has 0 aliphatic rings. The second kappa shape index (κ2) is 7.62. The lowest BCUT2D eigenvalue weighted by Crippen LogP contribution is -2.23. The van der Waals surface area contributed by atoms with Crippen LogP contribution in [0.1, 0.15) is 5.56 Å². The van der Waals surface area contributed by atoms with Gasteiger partial charge < -0.3 is 15.4 Å². The van der Waals surface area contributed by atoms with Crippen molar-refractivity contribution < 1.29 is 22.5 Å². The molecule has 0 spiro atoms. The van der Waals surface area contributed by atoms with Gasteiger partial charge in [-0.2, -0.15) is 8.42 Å². The average Bonchev–Trinajstić information content (AvgIpc) is 2.55. The Balaban J connectivity index is 1.89. The molecular formula is C16H16N2O5S. The number of urea groups is 1. The summed E-state index contributed by atoms with van der Waals surface area (Å²) in [5.74, 6) is 0.742. The molecule has 0 atom stereocenters. The largest absolute Gasteiger partial charge is 0.497 e. The number of carbonyl (C=O) groups excluding carboxylic acids is 1. The highest BCUT2D eigenvalue weighted by molar-refractivity contribution is 7.85. The maximum absolute atomic E-state index is 11.7. The Bertz CT molecular complexity index is 828. The smallest absolute Gasteiger partial charge is 0.323 e. The molecule has 0 saturated carbocycles. The topological polar surface area (TPSA) is 105 Å². The molecule has 2 amide bonds. The summed E-state index contributed by atoms with van der Waals surface area (Å²) in [5, 5.41) is 5.05. The number of benzene rings is 2. The average molecular weight is 348 g/mol. The summed E-state index contributed by atoms with van der Waals surface area (Å²) in [4.78, 5) is 11.5. The van der Waals surface area contributed by atoms with Crippen molar-refractivity contribution in [2.24, 2.45) is 0 Å². The molecule has 2 aromatic rings. The molecule has 2 rings (SSSR count). The number of ether oxygens (including phenoxy) is 1. The van der Waals surface area contributed by atoms with Crippen molar-refractivity contribution in [1.82, 2.24) is 5.32 Å². The van der Waals surface area contributed by atoms with Crippen LogP contribution in [0, 0.1) is 0 Å². The molecule has 0 bridgehead atoms. The predicted octanol–water partition coefficient (Wildman–Crippen LogP) is 2.73. The first kappa shape index (κ1) is 17.5. The fourth-order valence-corrected chi connectivity index (χ4v) is 2.29. The minimum atomic E-state index is -4.25. The lowest BCUT2D eigenvalue weighted by Gasteiger charge is -2.05. The number of hydrogen-bond donors (Lipinski definition) is 3. The molecule has 0 unspecified atom stereocenters. The van der Waals surface area contributed by atoms with Crippen molar-refractivity contribution in [3.8, 4) is 5.75 Å². The van der Waals surface area contributed by atoms with Crippen LogP contribution in [-0.2, 0) is 10.1 Å². The Hall–Kier alpha value is -2.84. The van der Waals surface area contributed by atoms with E-state index < -0.39 is 16.1 Å². The first-order valence-electron chi connectivity index (χ1n) is 6.84. The van der Waals surface area contributed by atoms with Crippen LogP contribution in [0.4, 0.5) is 10.5 Å². The monoisotopic (exact) mass is 348 g/mol. The number of nitrogens with one attached hydrogen (secondary N) is 2. The van der Waals surface area contributed by atoms with Gasteiger partial charge in [-0.15, -0.1) is 0 Å². The normalized spacial score (nSPS) is 11.2. The molecule has 0 fully saturated rings. The second-order valence-electron chi connectivity index (χ2n) is 4.70. The molecule has 126 valence electrons. The van der Waals surface area contributed by atoms with Crippen LogP contribution in [0.5, 0.6) is 5.75 Å². The zero-order valence-corrected chi connectivity index (χ0v) is 13.6. The lowest BCUT2D eigenvalue weighted by atomic mass is 10.2. The molecular weight excluding hydrogens is 332 g/mol. The summed E-state index contributed by atoms with van der Waals surface area (Å²) in [5.41, 5.74) is 1.27. The quantitative estimate of drug-likeness (QED) is 0.721. The van der Waals surface area contributed by atoms with Crippen LogP contribution in [0.15, 0.2) is 59.6 Å². The summed E-state index contributed by atoms with van der Waals surface area (Å²) >= 11 is 0. The highest BCUT2D eigenvalue weighted by atomic mass is 32.2. The molecule has 2 aromatic carbocycles. The van der Waals surface area contributed by atoms with E-state index in [-0.39, 0.29) is 4.90 Å². The van der Waals surface area contributed by atoms with Gasteiger partial charge in [-0.3, -0.25) is 4.55 Å². The van der Waals surface area contributed by atoms with Gasteiger partial charge in [-0.1, -0.05) is 12.1 Å². The highest BCUT2D eigenvalue weighted by Gasteiger charge is 2.08. The lowest BCUT2D eigenvalue weighted by molar-refractivity contribution is 0.255. The minimum absolute atomic E-state index is 0.243. The predicted molar refractivity (Wildman–Crippen MR) is 90.4 cm³/mol. The van der Waals surface area contributed by atoms with E-state index >= 15 is 0 Å². The minimum Gasteiger partial charge on any atom is -0.497 e. The molecule has 0 saturated heterocycles. The Morgan fingerprint density at radius 2 is 1.71 bits per heavy atom. The SMILES string of the molecule is COc1ccc(/C=C/NC(=O)Nc2ccc(S(=O)(=O)O)cc2)cc1. The Morgan fingerprint density at radius 1 is 1.08 bits per heavy atom. The van der Waals surface area contributed by atoms with Gasteiger partial charge in [0.2, 0.25) is 0 Å². The number of methoxy groups -OCH3 is 1. The van der Waals surface area contributed by atoms with E-state index in [1.807, 2.05) is 12.1 Å². The second-order valence-corrected chi connectivity index (χ2v) is 6.13. The summed E-state index contributed by atoms with van der Waals surface area (Å²) in [6, 6.07) is 11.9. The van der Waals surface area contributed by atoms with Crippen LogP contribution in [0.2, 0.25) is 0 Å². The Labute approximate surface area is 139 Å². The fraction of sp³-hybridized carbons (Fsp3) is 0.0625. The molecule has 8 heteroatoms. The molecule has 0 heterocycles. The molecule has 3 N–H and O–H groups in total. The van der Waals surface area contributed by atoms with E-state index in [0.717, 1.165) is 11.3 Å². The van der Waals surface area contributed by atoms with Crippen LogP contribution in [-0.4, -0.2) is 26.1 Å². The van der Waals surface area contributed by atoms with Gasteiger partial charge in [0.15, 0.2) is 0 Å². The first-order valence-corrected chi connectivity index (χ1v) is 8.28. The zero-order valence-electron chi connectivity index (χ0n) is 12.8. The van der Waals surface area contributed by atoms with Crippen molar-refractivity contribution in [1.29, 1.82) is 0 Å². The van der Waals surface area contributed by atoms with Crippen molar-refractivity contribution in [3.63, 3.8) is 0 Å². The number of amides is 2. The van der Waals surface area contributed by atoms with Gasteiger partial charge in [0.1, 0.15) is 5.75 Å². The molecule has 0 aromatic heterocycles.